The molecule has 3 N–H and O–H groups in total. The van der Waals surface area contributed by atoms with Gasteiger partial charge < -0.3 is 15.8 Å². The molecule has 0 aliphatic heterocycles. The summed E-state index contributed by atoms with van der Waals surface area (Å²) in [4.78, 5) is 11.1. The molecule has 0 aromatic carbocycles. The quantitative estimate of drug-likeness (QED) is 0.775. The van der Waals surface area contributed by atoms with Crippen LogP contribution >= 0.6 is 0 Å². The number of hydrogen-bond acceptors (Lipinski definition) is 3. The summed E-state index contributed by atoms with van der Waals surface area (Å²) in [6.45, 7) is -0.663. The van der Waals surface area contributed by atoms with Gasteiger partial charge in [0.1, 0.15) is 13.2 Å². The van der Waals surface area contributed by atoms with Crippen LogP contribution in [0.15, 0.2) is 0 Å². The van der Waals surface area contributed by atoms with Gasteiger partial charge in [-0.2, -0.15) is 13.2 Å². The van der Waals surface area contributed by atoms with Gasteiger partial charge in [0.05, 0.1) is 6.61 Å². The monoisotopic (exact) mass is 282 g/mol. The number of nitrogens with one attached hydrogen (secondary N) is 1. The molecule has 1 aliphatic rings. The van der Waals surface area contributed by atoms with Crippen LogP contribution in [0, 0.1) is 11.8 Å². The van der Waals surface area contributed by atoms with E-state index in [0.717, 1.165) is 25.7 Å². The zero-order valence-electron chi connectivity index (χ0n) is 10.8. The lowest BCUT2D eigenvalue weighted by atomic mass is 9.80. The Kier molecular flexibility index (Phi) is 6.57. The molecule has 1 amide bonds. The van der Waals surface area contributed by atoms with Crippen molar-refractivity contribution in [1.29, 1.82) is 0 Å². The number of amides is 1. The van der Waals surface area contributed by atoms with Crippen LogP contribution in [-0.4, -0.2) is 38.4 Å². The van der Waals surface area contributed by atoms with Crippen molar-refractivity contribution in [2.24, 2.45) is 17.6 Å². The van der Waals surface area contributed by atoms with Gasteiger partial charge in [-0.05, 0) is 31.2 Å². The average molecular weight is 282 g/mol. The third-order valence-corrected chi connectivity index (χ3v) is 3.42. The fourth-order valence-corrected chi connectivity index (χ4v) is 2.37. The molecule has 0 bridgehead atoms. The van der Waals surface area contributed by atoms with Gasteiger partial charge in [0, 0.05) is 0 Å². The number of halogens is 3. The van der Waals surface area contributed by atoms with Crippen LogP contribution in [0.2, 0.25) is 0 Å². The van der Waals surface area contributed by atoms with Crippen LogP contribution in [0.3, 0.4) is 0 Å². The normalized spacial score (nSPS) is 24.2. The summed E-state index contributed by atoms with van der Waals surface area (Å²) in [5.74, 6) is -0.0291. The molecular weight excluding hydrogens is 261 g/mol. The van der Waals surface area contributed by atoms with E-state index in [1.165, 1.54) is 0 Å². The molecule has 7 heteroatoms. The van der Waals surface area contributed by atoms with Crippen LogP contribution < -0.4 is 11.1 Å². The number of hydrogen-bond donors (Lipinski definition) is 2. The third-order valence-electron chi connectivity index (χ3n) is 3.42. The van der Waals surface area contributed by atoms with Gasteiger partial charge in [-0.3, -0.25) is 4.79 Å². The largest absolute Gasteiger partial charge is 0.405 e. The average Bonchev–Trinajstić information content (AvgIpc) is 2.36. The topological polar surface area (TPSA) is 64.3 Å². The molecule has 2 unspecified atom stereocenters. The Morgan fingerprint density at radius 3 is 2.47 bits per heavy atom. The standard InChI is InChI=1S/C12H21F3N2O2/c13-12(14,15)8-17-11(18)7-19-6-10-4-2-1-3-9(10)5-16/h9-10H,1-8,16H2,(H,17,18). The van der Waals surface area contributed by atoms with Crippen LogP contribution in [0.1, 0.15) is 25.7 Å². The van der Waals surface area contributed by atoms with Crippen LogP contribution in [0.4, 0.5) is 13.2 Å². The summed E-state index contributed by atoms with van der Waals surface area (Å²) in [6.07, 6.45) is -0.0459. The van der Waals surface area contributed by atoms with Gasteiger partial charge in [0.2, 0.25) is 5.91 Å². The van der Waals surface area contributed by atoms with Gasteiger partial charge in [-0.15, -0.1) is 0 Å². The maximum atomic E-state index is 11.9. The lowest BCUT2D eigenvalue weighted by Crippen LogP contribution is -2.37. The van der Waals surface area contributed by atoms with Crippen LogP contribution in [0.5, 0.6) is 0 Å². The maximum Gasteiger partial charge on any atom is 0.405 e. The molecule has 1 rings (SSSR count). The summed E-state index contributed by atoms with van der Waals surface area (Å²) in [5.41, 5.74) is 5.66. The molecular formula is C12H21F3N2O2. The molecule has 1 fully saturated rings. The predicted molar refractivity (Wildman–Crippen MR) is 64.4 cm³/mol. The molecule has 0 aromatic heterocycles. The Labute approximate surface area is 110 Å². The molecule has 0 aromatic rings. The van der Waals surface area contributed by atoms with Gasteiger partial charge in [-0.1, -0.05) is 12.8 Å². The van der Waals surface area contributed by atoms with Crippen molar-refractivity contribution >= 4 is 5.91 Å². The zero-order chi connectivity index (χ0) is 14.3. The number of carbonyl (C=O) groups is 1. The summed E-state index contributed by atoms with van der Waals surface area (Å²) in [7, 11) is 0. The number of rotatable bonds is 6. The highest BCUT2D eigenvalue weighted by molar-refractivity contribution is 5.77. The van der Waals surface area contributed by atoms with E-state index < -0.39 is 18.6 Å². The fraction of sp³-hybridized carbons (Fsp3) is 0.917. The van der Waals surface area contributed by atoms with Gasteiger partial charge in [-0.25, -0.2) is 0 Å². The van der Waals surface area contributed by atoms with E-state index in [0.29, 0.717) is 25.0 Å². The van der Waals surface area contributed by atoms with Crippen LogP contribution in [-0.2, 0) is 9.53 Å². The highest BCUT2D eigenvalue weighted by Crippen LogP contribution is 2.29. The minimum absolute atomic E-state index is 0.314. The van der Waals surface area contributed by atoms with Crippen molar-refractivity contribution in [2.45, 2.75) is 31.9 Å². The molecule has 0 radical (unpaired) electrons. The molecule has 112 valence electrons. The fourth-order valence-electron chi connectivity index (χ4n) is 2.37. The Bertz CT molecular complexity index is 285. The number of alkyl halides is 3. The van der Waals surface area contributed by atoms with E-state index in [-0.39, 0.29) is 6.61 Å². The summed E-state index contributed by atoms with van der Waals surface area (Å²) < 4.78 is 40.8. The highest BCUT2D eigenvalue weighted by atomic mass is 19.4. The third kappa shape index (κ3) is 6.77. The summed E-state index contributed by atoms with van der Waals surface area (Å²) in [5, 5.41) is 1.77. The molecule has 0 spiro atoms. The zero-order valence-corrected chi connectivity index (χ0v) is 10.8. The van der Waals surface area contributed by atoms with Crippen molar-refractivity contribution in [1.82, 2.24) is 5.32 Å². The maximum absolute atomic E-state index is 11.9. The minimum Gasteiger partial charge on any atom is -0.371 e. The van der Waals surface area contributed by atoms with E-state index in [2.05, 4.69) is 0 Å². The number of carbonyl (C=O) groups excluding carboxylic acids is 1. The Hall–Kier alpha value is -0.820. The molecule has 2 atom stereocenters. The van der Waals surface area contributed by atoms with Gasteiger partial charge >= 0.3 is 6.18 Å². The van der Waals surface area contributed by atoms with E-state index in [9.17, 15) is 18.0 Å². The smallest absolute Gasteiger partial charge is 0.371 e. The lowest BCUT2D eigenvalue weighted by Gasteiger charge is -2.30. The molecule has 1 aliphatic carbocycles. The van der Waals surface area contributed by atoms with Gasteiger partial charge in [0.25, 0.3) is 0 Å². The highest BCUT2D eigenvalue weighted by Gasteiger charge is 2.28. The first-order valence-corrected chi connectivity index (χ1v) is 6.53. The van der Waals surface area contributed by atoms with Crippen molar-refractivity contribution in [3.8, 4) is 0 Å². The Morgan fingerprint density at radius 1 is 1.26 bits per heavy atom. The Morgan fingerprint density at radius 2 is 1.89 bits per heavy atom. The van der Waals surface area contributed by atoms with Crippen molar-refractivity contribution in [3.05, 3.63) is 0 Å². The lowest BCUT2D eigenvalue weighted by molar-refractivity contribution is -0.141. The molecule has 1 saturated carbocycles. The number of ether oxygens (including phenoxy) is 1. The molecule has 0 saturated heterocycles. The molecule has 4 nitrogen and oxygen atoms in total. The molecule has 0 heterocycles. The first-order chi connectivity index (χ1) is 8.92. The number of nitrogens with two attached hydrogens (primary N) is 1. The minimum atomic E-state index is -4.39. The van der Waals surface area contributed by atoms with Gasteiger partial charge in [0.15, 0.2) is 0 Å². The van der Waals surface area contributed by atoms with Crippen molar-refractivity contribution in [3.63, 3.8) is 0 Å². The summed E-state index contributed by atoms with van der Waals surface area (Å²) in [6, 6.07) is 0. The van der Waals surface area contributed by atoms with Crippen LogP contribution in [0.25, 0.3) is 0 Å². The first kappa shape index (κ1) is 16.2. The Balaban J connectivity index is 2.16. The van der Waals surface area contributed by atoms with Crippen molar-refractivity contribution < 1.29 is 22.7 Å². The second-order valence-electron chi connectivity index (χ2n) is 4.95. The van der Waals surface area contributed by atoms with E-state index in [4.69, 9.17) is 10.5 Å². The van der Waals surface area contributed by atoms with E-state index in [1.54, 1.807) is 5.32 Å². The first-order valence-electron chi connectivity index (χ1n) is 6.53. The summed E-state index contributed by atoms with van der Waals surface area (Å²) >= 11 is 0. The van der Waals surface area contributed by atoms with E-state index >= 15 is 0 Å². The van der Waals surface area contributed by atoms with E-state index in [1.807, 2.05) is 0 Å². The second-order valence-corrected chi connectivity index (χ2v) is 4.95. The van der Waals surface area contributed by atoms with Crippen molar-refractivity contribution in [2.75, 3.05) is 26.3 Å². The molecule has 19 heavy (non-hydrogen) atoms. The SMILES string of the molecule is NCC1CCCCC1COCC(=O)NCC(F)(F)F. The second kappa shape index (κ2) is 7.69. The predicted octanol–water partition coefficient (Wildman–Crippen LogP) is 1.45.